The van der Waals surface area contributed by atoms with Crippen LogP contribution in [0.2, 0.25) is 0 Å². The van der Waals surface area contributed by atoms with Gasteiger partial charge in [-0.25, -0.2) is 9.13 Å². The maximum atomic E-state index is 12.9. The number of aliphatic hydroxyl groups excluding tert-OH is 2. The van der Waals surface area contributed by atoms with E-state index in [-0.39, 0.29) is 19.3 Å². The smallest absolute Gasteiger partial charge is 0.463 e. The van der Waals surface area contributed by atoms with Crippen molar-refractivity contribution in [2.75, 3.05) is 39.6 Å². The summed E-state index contributed by atoms with van der Waals surface area (Å²) in [5.74, 6) is -1.59. The SMILES string of the molecule is CC/C=C\C/C=C\C/C=C\C/C=C\CCCCCCC(=O)OCC(COP(=O)(O)OCC(O)COP(=O)(O)OCC(O)COC(=O)CCCCCCCCCCCCCCCCCCCCC/C=C\C/C=C\C/C=C\C/C=C\CCCCC)OC(=O)CCCCCCCCCCCCCCC. The Morgan fingerprint density at radius 3 is 0.851 bits per heavy atom. The van der Waals surface area contributed by atoms with E-state index < -0.39 is 91.5 Å². The van der Waals surface area contributed by atoms with Gasteiger partial charge in [0, 0.05) is 19.3 Å². The van der Waals surface area contributed by atoms with Crippen LogP contribution in [0, 0.1) is 0 Å². The molecule has 0 aromatic rings. The highest BCUT2D eigenvalue weighted by molar-refractivity contribution is 7.47. The summed E-state index contributed by atoms with van der Waals surface area (Å²) in [7, 11) is -9.78. The highest BCUT2D eigenvalue weighted by atomic mass is 31.2. The van der Waals surface area contributed by atoms with E-state index in [0.717, 1.165) is 116 Å². The first-order valence-electron chi connectivity index (χ1n) is 40.5. The van der Waals surface area contributed by atoms with E-state index >= 15 is 0 Å². The molecule has 0 amide bonds. The van der Waals surface area contributed by atoms with Crippen LogP contribution in [0.3, 0.4) is 0 Å². The maximum Gasteiger partial charge on any atom is 0.472 e. The number of phosphoric acid groups is 2. The minimum Gasteiger partial charge on any atom is -0.463 e. The molecular weight excluding hydrogens is 1310 g/mol. The highest BCUT2D eigenvalue weighted by Gasteiger charge is 2.29. The van der Waals surface area contributed by atoms with Gasteiger partial charge >= 0.3 is 33.6 Å². The fraction of sp³-hybridized carbons (Fsp3) is 0.771. The Hall–Kier alpha value is -3.53. The minimum absolute atomic E-state index is 0.103. The van der Waals surface area contributed by atoms with E-state index in [1.165, 1.54) is 180 Å². The third kappa shape index (κ3) is 77.4. The average Bonchev–Trinajstić information content (AvgIpc) is 0.934. The van der Waals surface area contributed by atoms with Gasteiger partial charge in [-0.1, -0.05) is 330 Å². The van der Waals surface area contributed by atoms with Crippen LogP contribution < -0.4 is 0 Å². The van der Waals surface area contributed by atoms with Gasteiger partial charge in [0.15, 0.2) is 6.10 Å². The van der Waals surface area contributed by atoms with Crippen LogP contribution in [0.25, 0.3) is 0 Å². The summed E-state index contributed by atoms with van der Waals surface area (Å²) in [6, 6.07) is 0. The molecule has 16 nitrogen and oxygen atoms in total. The normalized spacial score (nSPS) is 14.5. The van der Waals surface area contributed by atoms with Crippen molar-refractivity contribution >= 4 is 33.6 Å². The molecule has 0 bridgehead atoms. The summed E-state index contributed by atoms with van der Waals surface area (Å²) in [6.45, 7) is 2.55. The predicted molar refractivity (Wildman–Crippen MR) is 417 cm³/mol. The average molecular weight is 1460 g/mol. The maximum absolute atomic E-state index is 12.9. The molecule has 101 heavy (non-hydrogen) atoms. The molecule has 0 saturated carbocycles. The van der Waals surface area contributed by atoms with E-state index in [1.807, 2.05) is 0 Å². The lowest BCUT2D eigenvalue weighted by atomic mass is 10.0. The number of aliphatic hydroxyl groups is 2. The topological polar surface area (TPSA) is 231 Å². The summed E-state index contributed by atoms with van der Waals surface area (Å²) < 4.78 is 61.1. The number of carbonyl (C=O) groups excluding carboxylic acids is 3. The van der Waals surface area contributed by atoms with Crippen LogP contribution in [0.5, 0.6) is 0 Å². The number of hydrogen-bond donors (Lipinski definition) is 4. The zero-order valence-electron chi connectivity index (χ0n) is 64.1. The Morgan fingerprint density at radius 1 is 0.287 bits per heavy atom. The standard InChI is InChI=1S/C83H148O16P2/c1-4-7-10-13-16-19-22-25-27-29-30-31-32-33-34-35-36-37-38-39-40-41-42-43-44-45-46-48-50-52-54-57-60-63-66-69-81(86)93-72-78(84)73-95-100(89,90)96-74-79(85)75-97-101(91,92)98-77-80(99-83(88)71-68-65-62-59-56-51-24-21-18-15-12-9-6-3)76-94-82(87)70-67-64-61-58-55-53-49-47-28-26-23-20-17-14-11-8-5-2/h8,11,16-17,19-20,25-28,30-31,33-34,49,53,78-80,84-85H,4-7,9-10,12-15,18,21-24,29,32,35-48,50-52,54-77H2,1-3H3,(H,89,90)(H,91,92)/b11-8-,19-16-,20-17-,27-25-,28-26-,31-30-,34-33-,53-49-. The lowest BCUT2D eigenvalue weighted by molar-refractivity contribution is -0.161. The van der Waals surface area contributed by atoms with Crippen molar-refractivity contribution in [1.29, 1.82) is 0 Å². The number of esters is 3. The van der Waals surface area contributed by atoms with Gasteiger partial charge in [0.2, 0.25) is 0 Å². The van der Waals surface area contributed by atoms with Crippen molar-refractivity contribution < 1.29 is 75.8 Å². The van der Waals surface area contributed by atoms with Crippen LogP contribution in [0.4, 0.5) is 0 Å². The van der Waals surface area contributed by atoms with Gasteiger partial charge in [-0.3, -0.25) is 32.5 Å². The van der Waals surface area contributed by atoms with Crippen LogP contribution >= 0.6 is 15.6 Å². The molecule has 0 aliphatic heterocycles. The van der Waals surface area contributed by atoms with Crippen LogP contribution in [0.1, 0.15) is 355 Å². The fourth-order valence-corrected chi connectivity index (χ4v) is 12.7. The Bertz CT molecular complexity index is 2220. The second-order valence-electron chi connectivity index (χ2n) is 27.2. The van der Waals surface area contributed by atoms with E-state index in [1.54, 1.807) is 0 Å². The predicted octanol–water partition coefficient (Wildman–Crippen LogP) is 23.8. The fourth-order valence-electron chi connectivity index (χ4n) is 11.1. The molecule has 0 fully saturated rings. The van der Waals surface area contributed by atoms with Gasteiger partial charge in [0.05, 0.1) is 26.4 Å². The van der Waals surface area contributed by atoms with Crippen molar-refractivity contribution in [3.05, 3.63) is 97.2 Å². The van der Waals surface area contributed by atoms with Gasteiger partial charge in [-0.2, -0.15) is 0 Å². The van der Waals surface area contributed by atoms with Gasteiger partial charge < -0.3 is 34.2 Å². The molecule has 0 heterocycles. The van der Waals surface area contributed by atoms with Gasteiger partial charge in [-0.15, -0.1) is 0 Å². The molecule has 5 unspecified atom stereocenters. The molecule has 0 spiro atoms. The molecular formula is C83H148O16P2. The summed E-state index contributed by atoms with van der Waals surface area (Å²) >= 11 is 0. The third-order valence-corrected chi connectivity index (χ3v) is 19.2. The van der Waals surface area contributed by atoms with Crippen molar-refractivity contribution in [3.63, 3.8) is 0 Å². The highest BCUT2D eigenvalue weighted by Crippen LogP contribution is 2.45. The summed E-state index contributed by atoms with van der Waals surface area (Å²) in [5, 5.41) is 20.6. The van der Waals surface area contributed by atoms with E-state index in [4.69, 9.17) is 32.3 Å². The van der Waals surface area contributed by atoms with E-state index in [0.29, 0.717) is 19.3 Å². The lowest BCUT2D eigenvalue weighted by Crippen LogP contribution is -2.30. The first kappa shape index (κ1) is 97.5. The first-order chi connectivity index (χ1) is 49.2. The minimum atomic E-state index is -4.93. The van der Waals surface area contributed by atoms with Crippen molar-refractivity contribution in [2.24, 2.45) is 0 Å². The molecule has 0 aromatic heterocycles. The number of phosphoric ester groups is 2. The van der Waals surface area contributed by atoms with E-state index in [9.17, 15) is 43.5 Å². The Labute approximate surface area is 616 Å². The zero-order valence-corrected chi connectivity index (χ0v) is 65.9. The van der Waals surface area contributed by atoms with Crippen LogP contribution in [-0.4, -0.2) is 95.9 Å². The molecule has 0 aromatic carbocycles. The lowest BCUT2D eigenvalue weighted by Gasteiger charge is -2.21. The molecule has 0 rings (SSSR count). The molecule has 0 aliphatic rings. The molecule has 18 heteroatoms. The Kier molecular flexibility index (Phi) is 73.5. The van der Waals surface area contributed by atoms with Crippen molar-refractivity contribution in [1.82, 2.24) is 0 Å². The van der Waals surface area contributed by atoms with Gasteiger partial charge in [-0.05, 0) is 103 Å². The summed E-state index contributed by atoms with van der Waals surface area (Å²) in [4.78, 5) is 58.5. The van der Waals surface area contributed by atoms with Crippen LogP contribution in [0.15, 0.2) is 97.2 Å². The summed E-state index contributed by atoms with van der Waals surface area (Å²) in [6.07, 6.45) is 87.7. The van der Waals surface area contributed by atoms with E-state index in [2.05, 4.69) is 118 Å². The number of hydrogen-bond acceptors (Lipinski definition) is 14. The second-order valence-corrected chi connectivity index (χ2v) is 30.1. The zero-order chi connectivity index (χ0) is 73.7. The number of ether oxygens (including phenoxy) is 3. The molecule has 586 valence electrons. The van der Waals surface area contributed by atoms with Gasteiger partial charge in [0.25, 0.3) is 0 Å². The van der Waals surface area contributed by atoms with Crippen molar-refractivity contribution in [3.8, 4) is 0 Å². The molecule has 4 N–H and O–H groups in total. The Balaban J connectivity index is 4.34. The largest absolute Gasteiger partial charge is 0.472 e. The first-order valence-corrected chi connectivity index (χ1v) is 43.5. The number of rotatable bonds is 77. The van der Waals surface area contributed by atoms with Crippen LogP contribution in [-0.2, 0) is 55.8 Å². The molecule has 5 atom stereocenters. The molecule has 0 radical (unpaired) electrons. The number of carbonyl (C=O) groups is 3. The number of unbranched alkanes of at least 4 members (excludes halogenated alkanes) is 38. The third-order valence-electron chi connectivity index (χ3n) is 17.3. The number of allylic oxidation sites excluding steroid dienone is 16. The quantitative estimate of drug-likeness (QED) is 0.0146. The monoisotopic (exact) mass is 1460 g/mol. The molecule has 0 aliphatic carbocycles. The van der Waals surface area contributed by atoms with Crippen molar-refractivity contribution in [2.45, 2.75) is 373 Å². The Morgan fingerprint density at radius 2 is 0.525 bits per heavy atom. The second kappa shape index (κ2) is 76.1. The molecule has 0 saturated heterocycles. The van der Waals surface area contributed by atoms with Gasteiger partial charge in [0.1, 0.15) is 25.4 Å². The summed E-state index contributed by atoms with van der Waals surface area (Å²) in [5.41, 5.74) is 0.